The van der Waals surface area contributed by atoms with Crippen molar-refractivity contribution in [2.24, 2.45) is 0 Å². The molecule has 0 N–H and O–H groups in total. The molecule has 1 atom stereocenters. The van der Waals surface area contributed by atoms with Crippen molar-refractivity contribution >= 4 is 5.91 Å². The van der Waals surface area contributed by atoms with Gasteiger partial charge in [-0.05, 0) is 42.2 Å². The highest BCUT2D eigenvalue weighted by atomic mass is 16.5. The first-order chi connectivity index (χ1) is 11.9. The van der Waals surface area contributed by atoms with Gasteiger partial charge < -0.3 is 14.4 Å². The molecule has 0 aromatic heterocycles. The van der Waals surface area contributed by atoms with Crippen molar-refractivity contribution < 1.29 is 14.3 Å². The van der Waals surface area contributed by atoms with Gasteiger partial charge in [-0.2, -0.15) is 0 Å². The van der Waals surface area contributed by atoms with E-state index in [1.54, 1.807) is 26.0 Å². The summed E-state index contributed by atoms with van der Waals surface area (Å²) in [6.07, 6.45) is -0.539. The average molecular weight is 341 g/mol. The Hall–Kier alpha value is -2.49. The molecule has 0 saturated carbocycles. The van der Waals surface area contributed by atoms with Crippen LogP contribution in [0.5, 0.6) is 11.5 Å². The fraction of sp³-hybridized carbons (Fsp3) is 0.381. The minimum atomic E-state index is -0.539. The Labute approximate surface area is 150 Å². The number of carbonyl (C=O) groups excluding carboxylic acids is 1. The molecule has 2 aromatic rings. The third kappa shape index (κ3) is 4.99. The summed E-state index contributed by atoms with van der Waals surface area (Å²) in [4.78, 5) is 14.3. The lowest BCUT2D eigenvalue weighted by molar-refractivity contribution is -0.137. The summed E-state index contributed by atoms with van der Waals surface area (Å²) < 4.78 is 11.1. The van der Waals surface area contributed by atoms with Gasteiger partial charge in [0.2, 0.25) is 0 Å². The monoisotopic (exact) mass is 341 g/mol. The molecule has 0 radical (unpaired) electrons. The van der Waals surface area contributed by atoms with Crippen molar-refractivity contribution in [1.29, 1.82) is 0 Å². The third-order valence-electron chi connectivity index (χ3n) is 4.15. The summed E-state index contributed by atoms with van der Waals surface area (Å²) in [5.41, 5.74) is 2.16. The summed E-state index contributed by atoms with van der Waals surface area (Å²) in [5, 5.41) is 0. The molecule has 2 aromatic carbocycles. The van der Waals surface area contributed by atoms with E-state index in [2.05, 4.69) is 13.8 Å². The first kappa shape index (κ1) is 18.8. The van der Waals surface area contributed by atoms with Crippen molar-refractivity contribution in [3.8, 4) is 11.5 Å². The summed E-state index contributed by atoms with van der Waals surface area (Å²) in [6, 6.07) is 15.6. The van der Waals surface area contributed by atoms with Gasteiger partial charge in [0, 0.05) is 13.6 Å². The van der Waals surface area contributed by atoms with E-state index in [1.807, 2.05) is 48.5 Å². The average Bonchev–Trinajstić information content (AvgIpc) is 2.61. The van der Waals surface area contributed by atoms with E-state index in [0.29, 0.717) is 12.5 Å². The van der Waals surface area contributed by atoms with Gasteiger partial charge >= 0.3 is 0 Å². The number of hydrogen-bond acceptors (Lipinski definition) is 3. The zero-order valence-corrected chi connectivity index (χ0v) is 15.7. The van der Waals surface area contributed by atoms with Gasteiger partial charge in [-0.3, -0.25) is 4.79 Å². The summed E-state index contributed by atoms with van der Waals surface area (Å²) in [7, 11) is 3.43. The second-order valence-corrected chi connectivity index (χ2v) is 6.49. The highest BCUT2D eigenvalue weighted by Crippen LogP contribution is 2.27. The van der Waals surface area contributed by atoms with E-state index in [9.17, 15) is 4.79 Å². The van der Waals surface area contributed by atoms with Crippen molar-refractivity contribution in [3.63, 3.8) is 0 Å². The first-order valence-corrected chi connectivity index (χ1v) is 8.56. The van der Waals surface area contributed by atoms with Crippen LogP contribution in [0, 0.1) is 0 Å². The highest BCUT2D eigenvalue weighted by molar-refractivity contribution is 5.80. The van der Waals surface area contributed by atoms with Gasteiger partial charge in [0.25, 0.3) is 5.91 Å². The fourth-order valence-electron chi connectivity index (χ4n) is 2.70. The van der Waals surface area contributed by atoms with Gasteiger partial charge in [-0.15, -0.1) is 0 Å². The van der Waals surface area contributed by atoms with E-state index < -0.39 is 6.10 Å². The van der Waals surface area contributed by atoms with Crippen LogP contribution < -0.4 is 9.47 Å². The zero-order valence-electron chi connectivity index (χ0n) is 15.7. The van der Waals surface area contributed by atoms with Crippen LogP contribution in [0.1, 0.15) is 37.8 Å². The molecule has 134 valence electrons. The Morgan fingerprint density at radius 1 is 1.04 bits per heavy atom. The van der Waals surface area contributed by atoms with Gasteiger partial charge in [-0.1, -0.05) is 44.2 Å². The second kappa shape index (κ2) is 8.56. The molecule has 0 unspecified atom stereocenters. The van der Waals surface area contributed by atoms with Crippen LogP contribution in [-0.4, -0.2) is 31.1 Å². The fourth-order valence-corrected chi connectivity index (χ4v) is 2.70. The molecule has 1 amide bonds. The van der Waals surface area contributed by atoms with Crippen LogP contribution in [-0.2, 0) is 11.3 Å². The smallest absolute Gasteiger partial charge is 0.263 e. The number of likely N-dealkylation sites (N-methyl/N-ethyl adjacent to an activating group) is 1. The van der Waals surface area contributed by atoms with Gasteiger partial charge in [0.05, 0.1) is 7.11 Å². The standard InChI is InChI=1S/C21H27NO3/c1-15(2)19-8-6-7-9-20(19)25-16(3)21(23)22(4)14-17-10-12-18(24-5)13-11-17/h6-13,15-16H,14H2,1-5H3/t16-/m1/s1. The Bertz CT molecular complexity index is 695. The molecule has 0 aliphatic rings. The molecule has 4 nitrogen and oxygen atoms in total. The maximum atomic E-state index is 12.6. The van der Waals surface area contributed by atoms with E-state index in [0.717, 1.165) is 22.6 Å². The van der Waals surface area contributed by atoms with E-state index in [-0.39, 0.29) is 5.91 Å². The lowest BCUT2D eigenvalue weighted by atomic mass is 10.0. The van der Waals surface area contributed by atoms with Gasteiger partial charge in [0.15, 0.2) is 6.10 Å². The van der Waals surface area contributed by atoms with Crippen LogP contribution >= 0.6 is 0 Å². The Kier molecular flexibility index (Phi) is 6.45. The molecule has 25 heavy (non-hydrogen) atoms. The molecule has 4 heteroatoms. The minimum Gasteiger partial charge on any atom is -0.497 e. The molecular formula is C21H27NO3. The number of amides is 1. The molecule has 2 rings (SSSR count). The number of benzene rings is 2. The normalized spacial score (nSPS) is 11.9. The largest absolute Gasteiger partial charge is 0.497 e. The summed E-state index contributed by atoms with van der Waals surface area (Å²) in [6.45, 7) is 6.56. The molecular weight excluding hydrogens is 314 g/mol. The van der Waals surface area contributed by atoms with Crippen molar-refractivity contribution in [2.75, 3.05) is 14.2 Å². The molecule has 0 bridgehead atoms. The van der Waals surface area contributed by atoms with Gasteiger partial charge in [-0.25, -0.2) is 0 Å². The predicted octanol–water partition coefficient (Wildman–Crippen LogP) is 4.24. The maximum Gasteiger partial charge on any atom is 0.263 e. The summed E-state index contributed by atoms with van der Waals surface area (Å²) in [5.74, 6) is 1.88. The van der Waals surface area contributed by atoms with Crippen LogP contribution in [0.2, 0.25) is 0 Å². The van der Waals surface area contributed by atoms with Crippen LogP contribution in [0.3, 0.4) is 0 Å². The maximum absolute atomic E-state index is 12.6. The molecule has 0 fully saturated rings. The highest BCUT2D eigenvalue weighted by Gasteiger charge is 2.21. The van der Waals surface area contributed by atoms with Crippen molar-refractivity contribution in [2.45, 2.75) is 39.3 Å². The minimum absolute atomic E-state index is 0.0469. The number of hydrogen-bond donors (Lipinski definition) is 0. The van der Waals surface area contributed by atoms with E-state index in [1.165, 1.54) is 0 Å². The topological polar surface area (TPSA) is 38.8 Å². The van der Waals surface area contributed by atoms with Crippen molar-refractivity contribution in [3.05, 3.63) is 59.7 Å². The lowest BCUT2D eigenvalue weighted by Crippen LogP contribution is -2.37. The molecule has 0 spiro atoms. The predicted molar refractivity (Wildman–Crippen MR) is 100 cm³/mol. The number of para-hydroxylation sites is 1. The number of ether oxygens (including phenoxy) is 2. The number of rotatable bonds is 7. The quantitative estimate of drug-likeness (QED) is 0.756. The Morgan fingerprint density at radius 3 is 2.28 bits per heavy atom. The van der Waals surface area contributed by atoms with Crippen LogP contribution in [0.25, 0.3) is 0 Å². The van der Waals surface area contributed by atoms with E-state index >= 15 is 0 Å². The number of carbonyl (C=O) groups is 1. The second-order valence-electron chi connectivity index (χ2n) is 6.49. The molecule has 0 aliphatic carbocycles. The molecule has 0 heterocycles. The molecule has 0 saturated heterocycles. The lowest BCUT2D eigenvalue weighted by Gasteiger charge is -2.24. The Morgan fingerprint density at radius 2 is 1.68 bits per heavy atom. The van der Waals surface area contributed by atoms with Crippen molar-refractivity contribution in [1.82, 2.24) is 4.90 Å². The third-order valence-corrected chi connectivity index (χ3v) is 4.15. The van der Waals surface area contributed by atoms with Gasteiger partial charge in [0.1, 0.15) is 11.5 Å². The summed E-state index contributed by atoms with van der Waals surface area (Å²) >= 11 is 0. The van der Waals surface area contributed by atoms with Crippen LogP contribution in [0.15, 0.2) is 48.5 Å². The van der Waals surface area contributed by atoms with E-state index in [4.69, 9.17) is 9.47 Å². The Balaban J connectivity index is 2.01. The SMILES string of the molecule is COc1ccc(CN(C)C(=O)[C@@H](C)Oc2ccccc2C(C)C)cc1. The number of methoxy groups -OCH3 is 1. The zero-order chi connectivity index (χ0) is 18.4. The first-order valence-electron chi connectivity index (χ1n) is 8.56. The van der Waals surface area contributed by atoms with Crippen LogP contribution in [0.4, 0.5) is 0 Å². The molecule has 0 aliphatic heterocycles. The number of nitrogens with zero attached hydrogens (tertiary/aromatic N) is 1.